The second-order valence-electron chi connectivity index (χ2n) is 4.00. The number of nitrogens with one attached hydrogen (secondary N) is 1. The number of hydrogen-bond donors (Lipinski definition) is 1. The van der Waals surface area contributed by atoms with E-state index in [-0.39, 0.29) is 0 Å². The molecular weight excluding hydrogens is 260 g/mol. The number of benzene rings is 1. The first-order valence-corrected chi connectivity index (χ1v) is 6.64. The topological polar surface area (TPSA) is 54.9 Å². The molecule has 2 heterocycles. The standard InChI is InChI=1S/C14H10N2O2S/c17-13-12(10-6-7-19-9-10)8-15-16(14(13)18)11-4-2-1-3-5-11/h1-9,15H. The maximum atomic E-state index is 12.1. The predicted molar refractivity (Wildman–Crippen MR) is 76.0 cm³/mol. The molecule has 0 unspecified atom stereocenters. The largest absolute Gasteiger partial charge is 0.318 e. The van der Waals surface area contributed by atoms with E-state index in [1.807, 2.05) is 35.0 Å². The molecule has 0 aliphatic carbocycles. The Kier molecular flexibility index (Phi) is 2.89. The Labute approximate surface area is 112 Å². The summed E-state index contributed by atoms with van der Waals surface area (Å²) in [5.74, 6) is 0. The number of nitrogens with zero attached hydrogens (tertiary/aromatic N) is 1. The van der Waals surface area contributed by atoms with Crippen molar-refractivity contribution in [2.75, 3.05) is 0 Å². The van der Waals surface area contributed by atoms with Gasteiger partial charge in [0.1, 0.15) is 0 Å². The minimum Gasteiger partial charge on any atom is -0.298 e. The molecule has 5 heteroatoms. The maximum Gasteiger partial charge on any atom is 0.318 e. The fraction of sp³-hybridized carbons (Fsp3) is 0. The van der Waals surface area contributed by atoms with Crippen molar-refractivity contribution in [1.29, 1.82) is 0 Å². The van der Waals surface area contributed by atoms with Crippen LogP contribution in [0, 0.1) is 0 Å². The summed E-state index contributed by atoms with van der Waals surface area (Å²) < 4.78 is 1.25. The molecule has 3 rings (SSSR count). The van der Waals surface area contributed by atoms with Gasteiger partial charge >= 0.3 is 5.56 Å². The smallest absolute Gasteiger partial charge is 0.298 e. The van der Waals surface area contributed by atoms with Gasteiger partial charge in [-0.2, -0.15) is 11.3 Å². The Balaban J connectivity index is 2.20. The number of aromatic amines is 1. The zero-order valence-electron chi connectivity index (χ0n) is 9.87. The van der Waals surface area contributed by atoms with E-state index in [1.165, 1.54) is 16.0 Å². The van der Waals surface area contributed by atoms with Crippen LogP contribution in [0.25, 0.3) is 16.8 Å². The summed E-state index contributed by atoms with van der Waals surface area (Å²) in [7, 11) is 0. The van der Waals surface area contributed by atoms with E-state index < -0.39 is 11.0 Å². The third kappa shape index (κ3) is 2.04. The summed E-state index contributed by atoms with van der Waals surface area (Å²) in [6.45, 7) is 0. The molecule has 3 aromatic rings. The third-order valence-electron chi connectivity index (χ3n) is 2.83. The first kappa shape index (κ1) is 11.7. The van der Waals surface area contributed by atoms with Crippen molar-refractivity contribution in [3.8, 4) is 16.8 Å². The van der Waals surface area contributed by atoms with Gasteiger partial charge in [0.05, 0.1) is 11.3 Å². The van der Waals surface area contributed by atoms with E-state index in [4.69, 9.17) is 0 Å². The van der Waals surface area contributed by atoms with Gasteiger partial charge in [-0.05, 0) is 34.5 Å². The lowest BCUT2D eigenvalue weighted by Crippen LogP contribution is -2.35. The molecule has 0 bridgehead atoms. The van der Waals surface area contributed by atoms with Gasteiger partial charge in [-0.15, -0.1) is 0 Å². The van der Waals surface area contributed by atoms with Crippen LogP contribution in [0.1, 0.15) is 0 Å². The molecule has 1 N–H and O–H groups in total. The molecule has 1 aromatic carbocycles. The minimum atomic E-state index is -0.574. The van der Waals surface area contributed by atoms with Crippen LogP contribution in [0.2, 0.25) is 0 Å². The van der Waals surface area contributed by atoms with Crippen molar-refractivity contribution >= 4 is 11.3 Å². The van der Waals surface area contributed by atoms with Gasteiger partial charge in [0.2, 0.25) is 0 Å². The number of thiophene rings is 1. The number of rotatable bonds is 2. The normalized spacial score (nSPS) is 10.5. The lowest BCUT2D eigenvalue weighted by atomic mass is 10.2. The van der Waals surface area contributed by atoms with Crippen LogP contribution in [0.3, 0.4) is 0 Å². The first-order valence-electron chi connectivity index (χ1n) is 5.70. The fourth-order valence-electron chi connectivity index (χ4n) is 1.87. The van der Waals surface area contributed by atoms with Crippen molar-refractivity contribution in [2.24, 2.45) is 0 Å². The fourth-order valence-corrected chi connectivity index (χ4v) is 2.53. The van der Waals surface area contributed by atoms with Crippen molar-refractivity contribution in [1.82, 2.24) is 9.78 Å². The van der Waals surface area contributed by atoms with Crippen molar-refractivity contribution in [3.63, 3.8) is 0 Å². The molecule has 0 spiro atoms. The number of H-pyrrole nitrogens is 1. The van der Waals surface area contributed by atoms with Crippen LogP contribution >= 0.6 is 11.3 Å². The minimum absolute atomic E-state index is 0.401. The molecule has 0 radical (unpaired) electrons. The van der Waals surface area contributed by atoms with Crippen LogP contribution in [-0.4, -0.2) is 9.78 Å². The van der Waals surface area contributed by atoms with E-state index in [1.54, 1.807) is 18.3 Å². The first-order chi connectivity index (χ1) is 9.27. The molecule has 0 amide bonds. The summed E-state index contributed by atoms with van der Waals surface area (Å²) in [6, 6.07) is 10.8. The van der Waals surface area contributed by atoms with Crippen LogP contribution in [0.5, 0.6) is 0 Å². The molecule has 0 saturated carbocycles. The molecular formula is C14H10N2O2S. The summed E-state index contributed by atoms with van der Waals surface area (Å²) in [4.78, 5) is 24.2. The molecule has 4 nitrogen and oxygen atoms in total. The van der Waals surface area contributed by atoms with Crippen LogP contribution < -0.4 is 11.0 Å². The number of hydrogen-bond acceptors (Lipinski definition) is 3. The zero-order chi connectivity index (χ0) is 13.2. The lowest BCUT2D eigenvalue weighted by Gasteiger charge is -2.06. The van der Waals surface area contributed by atoms with E-state index in [0.29, 0.717) is 11.3 Å². The van der Waals surface area contributed by atoms with E-state index in [0.717, 1.165) is 5.56 Å². The quantitative estimate of drug-likeness (QED) is 0.726. The van der Waals surface area contributed by atoms with Crippen molar-refractivity contribution in [2.45, 2.75) is 0 Å². The summed E-state index contributed by atoms with van der Waals surface area (Å²) in [5, 5.41) is 6.58. The Morgan fingerprint density at radius 2 is 1.84 bits per heavy atom. The molecule has 2 aromatic heterocycles. The summed E-state index contributed by atoms with van der Waals surface area (Å²) in [5.41, 5.74) is 0.736. The molecule has 0 aliphatic rings. The SMILES string of the molecule is O=c1c(-c2ccsc2)c[nH]n(-c2ccccc2)c1=O. The highest BCUT2D eigenvalue weighted by atomic mass is 32.1. The zero-order valence-corrected chi connectivity index (χ0v) is 10.7. The highest BCUT2D eigenvalue weighted by molar-refractivity contribution is 7.08. The molecule has 0 saturated heterocycles. The van der Waals surface area contributed by atoms with E-state index in [2.05, 4.69) is 5.10 Å². The van der Waals surface area contributed by atoms with Crippen LogP contribution in [0.15, 0.2) is 62.9 Å². The van der Waals surface area contributed by atoms with Crippen molar-refractivity contribution in [3.05, 3.63) is 73.9 Å². The van der Waals surface area contributed by atoms with E-state index in [9.17, 15) is 9.59 Å². The van der Waals surface area contributed by atoms with Gasteiger partial charge in [-0.3, -0.25) is 14.7 Å². The van der Waals surface area contributed by atoms with Gasteiger partial charge in [-0.25, -0.2) is 4.68 Å². The van der Waals surface area contributed by atoms with Gasteiger partial charge < -0.3 is 0 Å². The van der Waals surface area contributed by atoms with Crippen LogP contribution in [-0.2, 0) is 0 Å². The third-order valence-corrected chi connectivity index (χ3v) is 3.51. The Morgan fingerprint density at radius 3 is 2.53 bits per heavy atom. The van der Waals surface area contributed by atoms with Gasteiger partial charge in [-0.1, -0.05) is 18.2 Å². The summed E-state index contributed by atoms with van der Waals surface area (Å²) in [6.07, 6.45) is 1.57. The van der Waals surface area contributed by atoms with Gasteiger partial charge in [0.15, 0.2) is 0 Å². The van der Waals surface area contributed by atoms with Gasteiger partial charge in [0, 0.05) is 6.20 Å². The molecule has 94 valence electrons. The molecule has 19 heavy (non-hydrogen) atoms. The Bertz CT molecular complexity index is 801. The second kappa shape index (κ2) is 4.70. The molecule has 0 atom stereocenters. The Hall–Kier alpha value is -2.40. The number of para-hydroxylation sites is 1. The average molecular weight is 270 g/mol. The Morgan fingerprint density at radius 1 is 1.05 bits per heavy atom. The van der Waals surface area contributed by atoms with E-state index >= 15 is 0 Å². The monoisotopic (exact) mass is 270 g/mol. The maximum absolute atomic E-state index is 12.1. The lowest BCUT2D eigenvalue weighted by molar-refractivity contribution is 0.799. The molecule has 0 aliphatic heterocycles. The average Bonchev–Trinajstić information content (AvgIpc) is 2.97. The highest BCUT2D eigenvalue weighted by Crippen LogP contribution is 2.17. The number of aromatic nitrogens is 2. The molecule has 0 fully saturated rings. The van der Waals surface area contributed by atoms with Crippen molar-refractivity contribution < 1.29 is 0 Å². The summed E-state index contributed by atoms with van der Waals surface area (Å²) >= 11 is 1.49. The van der Waals surface area contributed by atoms with Crippen LogP contribution in [0.4, 0.5) is 0 Å². The second-order valence-corrected chi connectivity index (χ2v) is 4.78. The van der Waals surface area contributed by atoms with Gasteiger partial charge in [0.25, 0.3) is 5.43 Å². The highest BCUT2D eigenvalue weighted by Gasteiger charge is 2.10. The predicted octanol–water partition coefficient (Wildman–Crippen LogP) is 2.25.